The summed E-state index contributed by atoms with van der Waals surface area (Å²) in [5.74, 6) is -1.45. The van der Waals surface area contributed by atoms with Crippen molar-refractivity contribution >= 4 is 28.9 Å². The molecule has 1 heterocycles. The second kappa shape index (κ2) is 8.28. The topological polar surface area (TPSA) is 111 Å². The predicted octanol–water partition coefficient (Wildman–Crippen LogP) is 1.04. The van der Waals surface area contributed by atoms with E-state index in [1.54, 1.807) is 31.3 Å². The van der Waals surface area contributed by atoms with Crippen LogP contribution < -0.4 is 16.3 Å². The lowest BCUT2D eigenvalue weighted by molar-refractivity contribution is -0.155. The van der Waals surface area contributed by atoms with Crippen LogP contribution in [0.2, 0.25) is 0 Å². The van der Waals surface area contributed by atoms with Crippen LogP contribution in [-0.4, -0.2) is 39.2 Å². The molecule has 1 atom stereocenters. The maximum atomic E-state index is 12.3. The largest absolute Gasteiger partial charge is 0.451 e. The highest BCUT2D eigenvalue weighted by atomic mass is 16.5. The summed E-state index contributed by atoms with van der Waals surface area (Å²) in [6.45, 7) is 1.05. The fourth-order valence-electron chi connectivity index (χ4n) is 3.44. The third-order valence-electron chi connectivity index (χ3n) is 4.94. The van der Waals surface area contributed by atoms with Crippen molar-refractivity contribution in [2.45, 2.75) is 51.3 Å². The fraction of sp³-hybridized carbons (Fsp3) is 0.474. The van der Waals surface area contributed by atoms with Crippen molar-refractivity contribution < 1.29 is 19.1 Å². The molecule has 9 heteroatoms. The molecule has 0 spiro atoms. The standard InChI is InChI=1S/C19H24N4O5/c1-12(17(25)21-18(26)20-13-7-3-4-8-13)28-16(24)11-23-15-10-6-5-9-14(15)22(2)19(23)27/h5-6,9-10,12-13H,3-4,7-8,11H2,1-2H3,(H2,20,21,25,26). The van der Waals surface area contributed by atoms with Crippen LogP contribution >= 0.6 is 0 Å². The minimum absolute atomic E-state index is 0.0730. The number of urea groups is 1. The molecule has 2 N–H and O–H groups in total. The van der Waals surface area contributed by atoms with Crippen LogP contribution in [0, 0.1) is 0 Å². The maximum Gasteiger partial charge on any atom is 0.329 e. The van der Waals surface area contributed by atoms with Gasteiger partial charge in [-0.3, -0.25) is 24.0 Å². The summed E-state index contributed by atoms with van der Waals surface area (Å²) in [6.07, 6.45) is 2.74. The average molecular weight is 388 g/mol. The molecule has 3 rings (SSSR count). The highest BCUT2D eigenvalue weighted by molar-refractivity contribution is 5.97. The summed E-state index contributed by atoms with van der Waals surface area (Å²) < 4.78 is 7.82. The van der Waals surface area contributed by atoms with E-state index in [1.165, 1.54) is 16.1 Å². The first-order valence-corrected chi connectivity index (χ1v) is 9.32. The first-order valence-electron chi connectivity index (χ1n) is 9.32. The highest BCUT2D eigenvalue weighted by Gasteiger charge is 2.23. The van der Waals surface area contributed by atoms with Gasteiger partial charge in [-0.2, -0.15) is 0 Å². The van der Waals surface area contributed by atoms with Gasteiger partial charge >= 0.3 is 17.7 Å². The first-order chi connectivity index (χ1) is 13.4. The lowest BCUT2D eigenvalue weighted by Gasteiger charge is -2.15. The van der Waals surface area contributed by atoms with Crippen LogP contribution in [-0.2, 0) is 27.9 Å². The smallest absolute Gasteiger partial charge is 0.329 e. The molecule has 0 radical (unpaired) electrons. The van der Waals surface area contributed by atoms with E-state index in [-0.39, 0.29) is 18.3 Å². The number of imidazole rings is 1. The lowest BCUT2D eigenvalue weighted by atomic mass is 10.2. The second-order valence-electron chi connectivity index (χ2n) is 6.99. The molecule has 1 aliphatic rings. The van der Waals surface area contributed by atoms with Crippen molar-refractivity contribution in [2.75, 3.05) is 0 Å². The van der Waals surface area contributed by atoms with E-state index in [9.17, 15) is 19.2 Å². The van der Waals surface area contributed by atoms with Crippen LogP contribution in [0.1, 0.15) is 32.6 Å². The quantitative estimate of drug-likeness (QED) is 0.744. The zero-order chi connectivity index (χ0) is 20.3. The highest BCUT2D eigenvalue weighted by Crippen LogP contribution is 2.17. The van der Waals surface area contributed by atoms with Crippen LogP contribution in [0.15, 0.2) is 29.1 Å². The molecule has 1 saturated carbocycles. The zero-order valence-corrected chi connectivity index (χ0v) is 15.9. The van der Waals surface area contributed by atoms with E-state index >= 15 is 0 Å². The Morgan fingerprint density at radius 2 is 1.82 bits per heavy atom. The van der Waals surface area contributed by atoms with Gasteiger partial charge in [-0.05, 0) is 31.9 Å². The molecule has 0 saturated heterocycles. The maximum absolute atomic E-state index is 12.3. The number of carbonyl (C=O) groups excluding carboxylic acids is 3. The van der Waals surface area contributed by atoms with E-state index in [0.29, 0.717) is 11.0 Å². The molecule has 3 amide bonds. The molecule has 1 unspecified atom stereocenters. The molecular formula is C19H24N4O5. The number of nitrogens with one attached hydrogen (secondary N) is 2. The number of benzene rings is 1. The van der Waals surface area contributed by atoms with Crippen molar-refractivity contribution in [3.05, 3.63) is 34.7 Å². The lowest BCUT2D eigenvalue weighted by Crippen LogP contribution is -2.47. The van der Waals surface area contributed by atoms with E-state index < -0.39 is 24.0 Å². The minimum Gasteiger partial charge on any atom is -0.451 e. The van der Waals surface area contributed by atoms with Crippen molar-refractivity contribution in [1.82, 2.24) is 19.8 Å². The molecule has 0 bridgehead atoms. The number of nitrogens with zero attached hydrogens (tertiary/aromatic N) is 2. The van der Waals surface area contributed by atoms with Gasteiger partial charge < -0.3 is 10.1 Å². The number of aromatic nitrogens is 2. The number of para-hydroxylation sites is 2. The molecule has 9 nitrogen and oxygen atoms in total. The summed E-state index contributed by atoms with van der Waals surface area (Å²) in [7, 11) is 1.62. The zero-order valence-electron chi connectivity index (χ0n) is 15.9. The molecule has 150 valence electrons. The molecule has 1 aromatic carbocycles. The Hall–Kier alpha value is -3.10. The molecule has 1 fully saturated rings. The number of hydrogen-bond acceptors (Lipinski definition) is 5. The summed E-state index contributed by atoms with van der Waals surface area (Å²) in [6, 6.07) is 6.55. The number of rotatable bonds is 5. The molecular weight excluding hydrogens is 364 g/mol. The number of amides is 3. The van der Waals surface area contributed by atoms with Crippen molar-refractivity contribution in [1.29, 1.82) is 0 Å². The fourth-order valence-corrected chi connectivity index (χ4v) is 3.44. The number of carbonyl (C=O) groups is 3. The Kier molecular flexibility index (Phi) is 5.81. The normalized spacial score (nSPS) is 15.4. The van der Waals surface area contributed by atoms with E-state index in [0.717, 1.165) is 25.7 Å². The number of fused-ring (bicyclic) bond motifs is 1. The summed E-state index contributed by atoms with van der Waals surface area (Å²) >= 11 is 0. The van der Waals surface area contributed by atoms with Gasteiger partial charge in [0.1, 0.15) is 6.54 Å². The number of esters is 1. The van der Waals surface area contributed by atoms with E-state index in [4.69, 9.17) is 4.74 Å². The van der Waals surface area contributed by atoms with E-state index in [1.807, 2.05) is 0 Å². The van der Waals surface area contributed by atoms with Crippen LogP contribution in [0.5, 0.6) is 0 Å². The Bertz CT molecular complexity index is 955. The number of ether oxygens (including phenoxy) is 1. The van der Waals surface area contributed by atoms with Gasteiger partial charge in [-0.1, -0.05) is 25.0 Å². The van der Waals surface area contributed by atoms with Gasteiger partial charge in [0.2, 0.25) is 0 Å². The average Bonchev–Trinajstić information content (AvgIpc) is 3.24. The Morgan fingerprint density at radius 1 is 1.18 bits per heavy atom. The van der Waals surface area contributed by atoms with Crippen LogP contribution in [0.3, 0.4) is 0 Å². The Balaban J connectivity index is 1.57. The Labute approximate surface area is 161 Å². The predicted molar refractivity (Wildman–Crippen MR) is 102 cm³/mol. The van der Waals surface area contributed by atoms with Gasteiger partial charge in [0.25, 0.3) is 5.91 Å². The third kappa shape index (κ3) is 4.24. The molecule has 1 aromatic heterocycles. The summed E-state index contributed by atoms with van der Waals surface area (Å²) in [5, 5.41) is 4.91. The molecule has 28 heavy (non-hydrogen) atoms. The monoisotopic (exact) mass is 388 g/mol. The number of hydrogen-bond donors (Lipinski definition) is 2. The van der Waals surface area contributed by atoms with Gasteiger partial charge in [-0.25, -0.2) is 9.59 Å². The third-order valence-corrected chi connectivity index (χ3v) is 4.94. The van der Waals surface area contributed by atoms with Crippen molar-refractivity contribution in [3.63, 3.8) is 0 Å². The molecule has 0 aliphatic heterocycles. The molecule has 1 aliphatic carbocycles. The summed E-state index contributed by atoms with van der Waals surface area (Å²) in [4.78, 5) is 48.5. The van der Waals surface area contributed by atoms with Crippen LogP contribution in [0.4, 0.5) is 4.79 Å². The van der Waals surface area contributed by atoms with Gasteiger partial charge in [-0.15, -0.1) is 0 Å². The number of imide groups is 1. The van der Waals surface area contributed by atoms with Crippen molar-refractivity contribution in [3.8, 4) is 0 Å². The SMILES string of the molecule is CC(OC(=O)Cn1c(=O)n(C)c2ccccc21)C(=O)NC(=O)NC1CCCC1. The number of aryl methyl sites for hydroxylation is 1. The van der Waals surface area contributed by atoms with Crippen LogP contribution in [0.25, 0.3) is 11.0 Å². The van der Waals surface area contributed by atoms with Gasteiger partial charge in [0.05, 0.1) is 11.0 Å². The van der Waals surface area contributed by atoms with Crippen molar-refractivity contribution in [2.24, 2.45) is 7.05 Å². The van der Waals surface area contributed by atoms with E-state index in [2.05, 4.69) is 10.6 Å². The van der Waals surface area contributed by atoms with Gasteiger partial charge in [0.15, 0.2) is 6.10 Å². The Morgan fingerprint density at radius 3 is 2.50 bits per heavy atom. The first kappa shape index (κ1) is 19.7. The minimum atomic E-state index is -1.16. The van der Waals surface area contributed by atoms with Gasteiger partial charge in [0, 0.05) is 13.1 Å². The second-order valence-corrected chi connectivity index (χ2v) is 6.99. The summed E-state index contributed by atoms with van der Waals surface area (Å²) in [5.41, 5.74) is 0.931. The molecule has 2 aromatic rings.